The summed E-state index contributed by atoms with van der Waals surface area (Å²) in [6.07, 6.45) is -0.318. The lowest BCUT2D eigenvalue weighted by Gasteiger charge is -2.32. The highest BCUT2D eigenvalue weighted by atomic mass is 16.5. The summed E-state index contributed by atoms with van der Waals surface area (Å²) in [7, 11) is 0. The molecule has 1 saturated heterocycles. The van der Waals surface area contributed by atoms with Gasteiger partial charge in [-0.05, 0) is 18.2 Å². The number of nitrogens with two attached hydrogens (primary N) is 2. The molecule has 1 aromatic carbocycles. The van der Waals surface area contributed by atoms with Gasteiger partial charge in [-0.2, -0.15) is 0 Å². The van der Waals surface area contributed by atoms with Crippen molar-refractivity contribution in [1.82, 2.24) is 4.90 Å². The molecule has 5 N–H and O–H groups in total. The Morgan fingerprint density at radius 1 is 1.39 bits per heavy atom. The van der Waals surface area contributed by atoms with E-state index < -0.39 is 0 Å². The van der Waals surface area contributed by atoms with Gasteiger partial charge in [-0.1, -0.05) is 0 Å². The standard InChI is InChI=1S/C12H17N3O3/c13-9-3-8(4-10(14)5-9)12(17)15-1-2-18-11(6-15)7-16/h3-5,11,16H,1-2,6-7,13-14H2. The molecular formula is C12H17N3O3. The second-order valence-corrected chi connectivity index (χ2v) is 4.31. The lowest BCUT2D eigenvalue weighted by Crippen LogP contribution is -2.46. The van der Waals surface area contributed by atoms with Gasteiger partial charge in [0.2, 0.25) is 0 Å². The molecule has 18 heavy (non-hydrogen) atoms. The summed E-state index contributed by atoms with van der Waals surface area (Å²) < 4.78 is 5.30. The molecule has 0 bridgehead atoms. The van der Waals surface area contributed by atoms with Crippen molar-refractivity contribution < 1.29 is 14.6 Å². The van der Waals surface area contributed by atoms with Gasteiger partial charge < -0.3 is 26.2 Å². The average Bonchev–Trinajstić information content (AvgIpc) is 2.37. The molecule has 98 valence electrons. The van der Waals surface area contributed by atoms with E-state index in [1.165, 1.54) is 0 Å². The molecule has 0 aliphatic carbocycles. The highest BCUT2D eigenvalue weighted by molar-refractivity contribution is 5.96. The third-order valence-electron chi connectivity index (χ3n) is 2.85. The third kappa shape index (κ3) is 2.72. The molecule has 1 aliphatic rings. The minimum absolute atomic E-state index is 0.0944. The van der Waals surface area contributed by atoms with Gasteiger partial charge in [-0.15, -0.1) is 0 Å². The smallest absolute Gasteiger partial charge is 0.254 e. The summed E-state index contributed by atoms with van der Waals surface area (Å²) >= 11 is 0. The Hall–Kier alpha value is -1.79. The summed E-state index contributed by atoms with van der Waals surface area (Å²) in [5.41, 5.74) is 12.7. The van der Waals surface area contributed by atoms with Gasteiger partial charge in [0.1, 0.15) is 0 Å². The predicted molar refractivity (Wildman–Crippen MR) is 68.0 cm³/mol. The Labute approximate surface area is 105 Å². The van der Waals surface area contributed by atoms with Gasteiger partial charge in [-0.25, -0.2) is 0 Å². The van der Waals surface area contributed by atoms with E-state index in [0.717, 1.165) is 0 Å². The minimum Gasteiger partial charge on any atom is -0.399 e. The van der Waals surface area contributed by atoms with Crippen LogP contribution in [0.5, 0.6) is 0 Å². The number of carbonyl (C=O) groups excluding carboxylic acids is 1. The Kier molecular flexibility index (Phi) is 3.69. The Morgan fingerprint density at radius 2 is 2.06 bits per heavy atom. The van der Waals surface area contributed by atoms with Crippen molar-refractivity contribution in [2.24, 2.45) is 0 Å². The number of anilines is 2. The number of rotatable bonds is 2. The van der Waals surface area contributed by atoms with Crippen LogP contribution in [0.1, 0.15) is 10.4 Å². The molecule has 1 aromatic rings. The molecule has 1 fully saturated rings. The van der Waals surface area contributed by atoms with Crippen LogP contribution in [0.15, 0.2) is 18.2 Å². The Bertz CT molecular complexity index is 430. The molecule has 2 rings (SSSR count). The largest absolute Gasteiger partial charge is 0.399 e. The Morgan fingerprint density at radius 3 is 2.67 bits per heavy atom. The predicted octanol–water partition coefficient (Wildman–Crippen LogP) is -0.316. The maximum atomic E-state index is 12.2. The maximum absolute atomic E-state index is 12.2. The number of morpholine rings is 1. The monoisotopic (exact) mass is 251 g/mol. The van der Waals surface area contributed by atoms with Crippen molar-refractivity contribution >= 4 is 17.3 Å². The van der Waals surface area contributed by atoms with E-state index in [9.17, 15) is 4.79 Å². The molecule has 0 radical (unpaired) electrons. The fourth-order valence-corrected chi connectivity index (χ4v) is 2.00. The first-order valence-electron chi connectivity index (χ1n) is 5.78. The van der Waals surface area contributed by atoms with Crippen molar-refractivity contribution in [3.63, 3.8) is 0 Å². The number of aliphatic hydroxyl groups excluding tert-OH is 1. The molecule has 1 amide bonds. The number of carbonyl (C=O) groups is 1. The number of hydrogen-bond acceptors (Lipinski definition) is 5. The quantitative estimate of drug-likeness (QED) is 0.625. The normalized spacial score (nSPS) is 19.8. The number of nitrogen functional groups attached to an aromatic ring is 2. The molecule has 0 spiro atoms. The Balaban J connectivity index is 2.15. The molecule has 1 aliphatic heterocycles. The molecule has 6 nitrogen and oxygen atoms in total. The number of hydrogen-bond donors (Lipinski definition) is 3. The molecule has 1 unspecified atom stereocenters. The molecule has 0 saturated carbocycles. The van der Waals surface area contributed by atoms with Crippen LogP contribution in [0.4, 0.5) is 11.4 Å². The van der Waals surface area contributed by atoms with Crippen LogP contribution in [0.25, 0.3) is 0 Å². The van der Waals surface area contributed by atoms with E-state index in [1.54, 1.807) is 23.1 Å². The van der Waals surface area contributed by atoms with E-state index in [0.29, 0.717) is 36.6 Å². The zero-order valence-corrected chi connectivity index (χ0v) is 10.0. The van der Waals surface area contributed by atoms with Crippen LogP contribution in [-0.2, 0) is 4.74 Å². The van der Waals surface area contributed by atoms with Gasteiger partial charge in [0, 0.05) is 30.0 Å². The lowest BCUT2D eigenvalue weighted by molar-refractivity contribution is -0.0447. The van der Waals surface area contributed by atoms with Crippen LogP contribution in [-0.4, -0.2) is 48.3 Å². The van der Waals surface area contributed by atoms with Gasteiger partial charge in [0.05, 0.1) is 19.3 Å². The topological polar surface area (TPSA) is 102 Å². The van der Waals surface area contributed by atoms with Crippen LogP contribution >= 0.6 is 0 Å². The van der Waals surface area contributed by atoms with Gasteiger partial charge in [0.25, 0.3) is 5.91 Å². The summed E-state index contributed by atoms with van der Waals surface area (Å²) in [6.45, 7) is 1.21. The zero-order chi connectivity index (χ0) is 13.1. The van der Waals surface area contributed by atoms with Crippen LogP contribution in [0.2, 0.25) is 0 Å². The highest BCUT2D eigenvalue weighted by Crippen LogP contribution is 2.17. The number of ether oxygens (including phenoxy) is 1. The summed E-state index contributed by atoms with van der Waals surface area (Å²) in [5.74, 6) is -0.143. The number of benzene rings is 1. The zero-order valence-electron chi connectivity index (χ0n) is 10.0. The first-order valence-corrected chi connectivity index (χ1v) is 5.78. The number of nitrogens with zero attached hydrogens (tertiary/aromatic N) is 1. The maximum Gasteiger partial charge on any atom is 0.254 e. The van der Waals surface area contributed by atoms with Crippen molar-refractivity contribution in [2.75, 3.05) is 37.8 Å². The molecule has 0 aromatic heterocycles. The minimum atomic E-state index is -0.318. The molecular weight excluding hydrogens is 234 g/mol. The SMILES string of the molecule is Nc1cc(N)cc(C(=O)N2CCOC(CO)C2)c1. The van der Waals surface area contributed by atoms with E-state index in [1.807, 2.05) is 0 Å². The summed E-state index contributed by atoms with van der Waals surface area (Å²) in [6, 6.07) is 4.80. The van der Waals surface area contributed by atoms with Gasteiger partial charge in [-0.3, -0.25) is 4.79 Å². The first kappa shape index (κ1) is 12.7. The average molecular weight is 251 g/mol. The van der Waals surface area contributed by atoms with Crippen LogP contribution in [0, 0.1) is 0 Å². The van der Waals surface area contributed by atoms with Crippen molar-refractivity contribution in [1.29, 1.82) is 0 Å². The lowest BCUT2D eigenvalue weighted by atomic mass is 10.1. The summed E-state index contributed by atoms with van der Waals surface area (Å²) in [5, 5.41) is 9.05. The fourth-order valence-electron chi connectivity index (χ4n) is 2.00. The van der Waals surface area contributed by atoms with E-state index in [4.69, 9.17) is 21.3 Å². The highest BCUT2D eigenvalue weighted by Gasteiger charge is 2.24. The van der Waals surface area contributed by atoms with Crippen molar-refractivity contribution in [3.8, 4) is 0 Å². The number of aliphatic hydroxyl groups is 1. The fraction of sp³-hybridized carbons (Fsp3) is 0.417. The van der Waals surface area contributed by atoms with E-state index in [-0.39, 0.29) is 18.6 Å². The van der Waals surface area contributed by atoms with Gasteiger partial charge in [0.15, 0.2) is 0 Å². The van der Waals surface area contributed by atoms with E-state index >= 15 is 0 Å². The molecule has 1 atom stereocenters. The van der Waals surface area contributed by atoms with Gasteiger partial charge >= 0.3 is 0 Å². The van der Waals surface area contributed by atoms with Crippen molar-refractivity contribution in [2.45, 2.75) is 6.10 Å². The van der Waals surface area contributed by atoms with Crippen LogP contribution in [0.3, 0.4) is 0 Å². The van der Waals surface area contributed by atoms with Crippen molar-refractivity contribution in [3.05, 3.63) is 23.8 Å². The van der Waals surface area contributed by atoms with E-state index in [2.05, 4.69) is 0 Å². The first-order chi connectivity index (χ1) is 8.60. The second kappa shape index (κ2) is 5.24. The molecule has 6 heteroatoms. The second-order valence-electron chi connectivity index (χ2n) is 4.31. The molecule has 1 heterocycles. The van der Waals surface area contributed by atoms with Crippen LogP contribution < -0.4 is 11.5 Å². The number of amides is 1. The summed E-state index contributed by atoms with van der Waals surface area (Å²) in [4.78, 5) is 13.9. The third-order valence-corrected chi connectivity index (χ3v) is 2.85.